The van der Waals surface area contributed by atoms with Crippen LogP contribution in [0.3, 0.4) is 0 Å². The Hall–Kier alpha value is -0.520. The summed E-state index contributed by atoms with van der Waals surface area (Å²) in [6, 6.07) is 1.68. The Morgan fingerprint density at radius 2 is 2.14 bits per heavy atom. The van der Waals surface area contributed by atoms with Gasteiger partial charge in [-0.2, -0.15) is 0 Å². The van der Waals surface area contributed by atoms with E-state index in [1.807, 2.05) is 7.05 Å². The maximum absolute atomic E-state index is 12.7. The largest absolute Gasteiger partial charge is 0.352 e. The van der Waals surface area contributed by atoms with Crippen LogP contribution in [0.1, 0.15) is 31.4 Å². The Kier molecular flexibility index (Phi) is 4.10. The van der Waals surface area contributed by atoms with Crippen LogP contribution in [-0.4, -0.2) is 30.9 Å². The highest BCUT2D eigenvalue weighted by Gasteiger charge is 2.41. The van der Waals surface area contributed by atoms with E-state index in [0.29, 0.717) is 23.2 Å². The van der Waals surface area contributed by atoms with Gasteiger partial charge in [0.25, 0.3) is 0 Å². The molecule has 0 N–H and O–H groups in total. The quantitative estimate of drug-likeness (QED) is 0.779. The number of rotatable bonds is 5. The number of fused-ring (bicyclic) bond motifs is 2. The second-order valence-corrected chi connectivity index (χ2v) is 8.94. The van der Waals surface area contributed by atoms with E-state index in [0.717, 1.165) is 17.5 Å². The summed E-state index contributed by atoms with van der Waals surface area (Å²) in [5, 5.41) is 0. The zero-order valence-electron chi connectivity index (χ0n) is 12.6. The predicted molar refractivity (Wildman–Crippen MR) is 83.7 cm³/mol. The highest BCUT2D eigenvalue weighted by atomic mass is 35.5. The molecule has 0 aliphatic heterocycles. The highest BCUT2D eigenvalue weighted by Crippen LogP contribution is 2.48. The third-order valence-electron chi connectivity index (χ3n) is 5.30. The molecule has 2 fully saturated rings. The van der Waals surface area contributed by atoms with Crippen molar-refractivity contribution < 1.29 is 8.42 Å². The van der Waals surface area contributed by atoms with Crippen LogP contribution in [0.2, 0.25) is 0 Å². The zero-order chi connectivity index (χ0) is 15.2. The number of aromatic nitrogens is 1. The van der Waals surface area contributed by atoms with Crippen LogP contribution in [0.25, 0.3) is 0 Å². The molecule has 2 saturated carbocycles. The molecule has 3 rings (SSSR count). The molecule has 1 heterocycles. The molecule has 0 aromatic carbocycles. The molecule has 0 saturated heterocycles. The third-order valence-corrected chi connectivity index (χ3v) is 7.37. The van der Waals surface area contributed by atoms with Crippen molar-refractivity contribution >= 4 is 21.6 Å². The molecule has 2 aliphatic carbocycles. The monoisotopic (exact) mass is 330 g/mol. The van der Waals surface area contributed by atoms with E-state index in [4.69, 9.17) is 11.6 Å². The van der Waals surface area contributed by atoms with Crippen molar-refractivity contribution in [2.45, 2.75) is 36.5 Å². The minimum atomic E-state index is -3.40. The summed E-state index contributed by atoms with van der Waals surface area (Å²) in [6.07, 6.45) is 6.79. The van der Waals surface area contributed by atoms with Gasteiger partial charge in [-0.1, -0.05) is 6.42 Å². The van der Waals surface area contributed by atoms with Crippen molar-refractivity contribution in [3.63, 3.8) is 0 Å². The summed E-state index contributed by atoms with van der Waals surface area (Å²) in [4.78, 5) is 0.353. The van der Waals surface area contributed by atoms with Gasteiger partial charge in [0.05, 0.1) is 5.88 Å². The van der Waals surface area contributed by atoms with E-state index >= 15 is 0 Å². The van der Waals surface area contributed by atoms with Gasteiger partial charge in [0.15, 0.2) is 0 Å². The van der Waals surface area contributed by atoms with Gasteiger partial charge in [0, 0.05) is 32.5 Å². The van der Waals surface area contributed by atoms with Crippen LogP contribution in [0.15, 0.2) is 17.2 Å². The van der Waals surface area contributed by atoms with E-state index in [2.05, 4.69) is 0 Å². The molecule has 3 atom stereocenters. The summed E-state index contributed by atoms with van der Waals surface area (Å²) in [7, 11) is 0.128. The van der Waals surface area contributed by atoms with E-state index in [9.17, 15) is 8.42 Å². The van der Waals surface area contributed by atoms with E-state index in [-0.39, 0.29) is 0 Å². The molecule has 21 heavy (non-hydrogen) atoms. The maximum atomic E-state index is 12.7. The molecule has 2 bridgehead atoms. The Labute approximate surface area is 132 Å². The number of aryl methyl sites for hydroxylation is 1. The Morgan fingerprint density at radius 3 is 2.67 bits per heavy atom. The molecular formula is C15H23ClN2O2S. The molecule has 0 radical (unpaired) electrons. The average molecular weight is 331 g/mol. The molecule has 118 valence electrons. The van der Waals surface area contributed by atoms with Crippen molar-refractivity contribution in [2.24, 2.45) is 24.8 Å². The Morgan fingerprint density at radius 1 is 1.38 bits per heavy atom. The van der Waals surface area contributed by atoms with Gasteiger partial charge < -0.3 is 4.57 Å². The lowest BCUT2D eigenvalue weighted by Crippen LogP contribution is -2.33. The van der Waals surface area contributed by atoms with Gasteiger partial charge in [-0.25, -0.2) is 12.7 Å². The molecule has 2 aliphatic rings. The first-order chi connectivity index (χ1) is 9.91. The molecule has 3 unspecified atom stereocenters. The minimum Gasteiger partial charge on any atom is -0.352 e. The van der Waals surface area contributed by atoms with E-state index < -0.39 is 10.0 Å². The first-order valence-electron chi connectivity index (χ1n) is 7.59. The maximum Gasteiger partial charge on any atom is 0.244 e. The number of hydrogen-bond acceptors (Lipinski definition) is 2. The van der Waals surface area contributed by atoms with Crippen LogP contribution in [0.5, 0.6) is 0 Å². The summed E-state index contributed by atoms with van der Waals surface area (Å²) < 4.78 is 28.7. The highest BCUT2D eigenvalue weighted by molar-refractivity contribution is 7.89. The van der Waals surface area contributed by atoms with Crippen molar-refractivity contribution in [2.75, 3.05) is 13.6 Å². The molecule has 1 aromatic rings. The predicted octanol–water partition coefficient (Wildman–Crippen LogP) is 2.82. The number of nitrogens with zero attached hydrogens (tertiary/aromatic N) is 2. The summed E-state index contributed by atoms with van der Waals surface area (Å²) in [6.45, 7) is 0.647. The van der Waals surface area contributed by atoms with E-state index in [1.165, 1.54) is 30.0 Å². The fourth-order valence-electron chi connectivity index (χ4n) is 4.06. The van der Waals surface area contributed by atoms with Crippen molar-refractivity contribution in [1.29, 1.82) is 0 Å². The van der Waals surface area contributed by atoms with Crippen LogP contribution in [0.4, 0.5) is 0 Å². The molecule has 0 amide bonds. The zero-order valence-corrected chi connectivity index (χ0v) is 14.2. The Balaban J connectivity index is 1.74. The lowest BCUT2D eigenvalue weighted by Gasteiger charge is -2.26. The lowest BCUT2D eigenvalue weighted by molar-refractivity contribution is 0.280. The van der Waals surface area contributed by atoms with Crippen LogP contribution < -0.4 is 0 Å². The number of sulfonamides is 1. The topological polar surface area (TPSA) is 42.3 Å². The first kappa shape index (κ1) is 15.4. The van der Waals surface area contributed by atoms with Gasteiger partial charge in [-0.3, -0.25) is 0 Å². The summed E-state index contributed by atoms with van der Waals surface area (Å²) >= 11 is 5.83. The number of alkyl halides is 1. The van der Waals surface area contributed by atoms with Crippen LogP contribution in [-0.2, 0) is 23.0 Å². The average Bonchev–Trinajstić information content (AvgIpc) is 3.13. The normalized spacial score (nSPS) is 28.7. The Bertz CT molecular complexity index is 626. The molecular weight excluding hydrogens is 308 g/mol. The molecule has 0 spiro atoms. The van der Waals surface area contributed by atoms with Gasteiger partial charge in [-0.15, -0.1) is 11.6 Å². The smallest absolute Gasteiger partial charge is 0.244 e. The molecule has 4 nitrogen and oxygen atoms in total. The number of hydrogen-bond donors (Lipinski definition) is 0. The van der Waals surface area contributed by atoms with Crippen LogP contribution >= 0.6 is 11.6 Å². The fraction of sp³-hybridized carbons (Fsp3) is 0.733. The first-order valence-corrected chi connectivity index (χ1v) is 9.56. The third kappa shape index (κ3) is 2.76. The molecule has 1 aromatic heterocycles. The standard InChI is InChI=1S/C15H23ClN2O2S/c1-17-10-15(7-14(17)8-16)21(19,20)18(2)9-13-6-11-3-4-12(13)5-11/h7,10-13H,3-6,8-9H2,1-2H3. The lowest BCUT2D eigenvalue weighted by atomic mass is 9.89. The van der Waals surface area contributed by atoms with Crippen molar-refractivity contribution in [3.8, 4) is 0 Å². The van der Waals surface area contributed by atoms with Crippen LogP contribution in [0, 0.1) is 17.8 Å². The number of halogens is 1. The van der Waals surface area contributed by atoms with E-state index in [1.54, 1.807) is 23.9 Å². The molecule has 6 heteroatoms. The fourth-order valence-corrected chi connectivity index (χ4v) is 5.65. The summed E-state index contributed by atoms with van der Waals surface area (Å²) in [5.41, 5.74) is 0.823. The van der Waals surface area contributed by atoms with Gasteiger partial charge in [0.2, 0.25) is 10.0 Å². The summed E-state index contributed by atoms with van der Waals surface area (Å²) in [5.74, 6) is 2.44. The van der Waals surface area contributed by atoms with Gasteiger partial charge in [-0.05, 0) is 43.1 Å². The van der Waals surface area contributed by atoms with Gasteiger partial charge >= 0.3 is 0 Å². The van der Waals surface area contributed by atoms with Crippen molar-refractivity contribution in [1.82, 2.24) is 8.87 Å². The second-order valence-electron chi connectivity index (χ2n) is 6.63. The minimum absolute atomic E-state index is 0.322. The van der Waals surface area contributed by atoms with Crippen molar-refractivity contribution in [3.05, 3.63) is 18.0 Å². The second kappa shape index (κ2) is 5.60. The SMILES string of the molecule is CN(CC1CC2CCC1C2)S(=O)(=O)c1cc(CCl)n(C)c1. The van der Waals surface area contributed by atoms with Gasteiger partial charge in [0.1, 0.15) is 4.90 Å².